The van der Waals surface area contributed by atoms with Crippen LogP contribution in [0.5, 0.6) is 0 Å². The van der Waals surface area contributed by atoms with Crippen LogP contribution in [0.1, 0.15) is 6.23 Å². The average Bonchev–Trinajstić information content (AvgIpc) is 3.02. The number of rotatable bonds is 3. The molecule has 3 heterocycles. The van der Waals surface area contributed by atoms with E-state index in [0.717, 1.165) is 0 Å². The molecule has 4 atom stereocenters. The summed E-state index contributed by atoms with van der Waals surface area (Å²) in [5.41, 5.74) is -0.0928. The van der Waals surface area contributed by atoms with Crippen molar-refractivity contribution < 1.29 is 20.1 Å². The Labute approximate surface area is 124 Å². The molecule has 0 radical (unpaired) electrons. The number of hydrogen-bond acceptors (Lipinski definition) is 8. The molecule has 10 nitrogen and oxygen atoms in total. The van der Waals surface area contributed by atoms with Gasteiger partial charge in [-0.05, 0) is 0 Å². The zero-order valence-corrected chi connectivity index (χ0v) is 12.0. The zero-order chi connectivity index (χ0) is 16.0. The summed E-state index contributed by atoms with van der Waals surface area (Å²) in [4.78, 5) is 24.5. The predicted octanol–water partition coefficient (Wildman–Crippen LogP) is -2.20. The van der Waals surface area contributed by atoms with Crippen LogP contribution in [0.15, 0.2) is 11.1 Å². The van der Waals surface area contributed by atoms with E-state index in [1.165, 1.54) is 10.9 Å². The van der Waals surface area contributed by atoms with Gasteiger partial charge in [0.15, 0.2) is 17.4 Å². The molecule has 3 rings (SSSR count). The predicted molar refractivity (Wildman–Crippen MR) is 75.5 cm³/mol. The van der Waals surface area contributed by atoms with Crippen molar-refractivity contribution in [3.63, 3.8) is 0 Å². The first-order valence-corrected chi connectivity index (χ1v) is 6.70. The molecule has 1 saturated heterocycles. The van der Waals surface area contributed by atoms with E-state index in [0.29, 0.717) is 5.95 Å². The van der Waals surface area contributed by atoms with Crippen molar-refractivity contribution in [1.29, 1.82) is 0 Å². The number of aliphatic hydroxyl groups is 3. The summed E-state index contributed by atoms with van der Waals surface area (Å²) >= 11 is 0. The largest absolute Gasteiger partial charge is 0.394 e. The van der Waals surface area contributed by atoms with Gasteiger partial charge < -0.3 is 25.0 Å². The standard InChI is InChI=1S/C12H17N5O5/c1-16(2)12-14-9-6(10(21)15-12)13-4-17(9)11-8(20)7(19)5(3-18)22-11/h4-5,7-8,11,18-20H,3H2,1-2H3,(H,14,15,21)/t5-,7-,8+,11-/m1/s1. The van der Waals surface area contributed by atoms with Crippen LogP contribution in [0.4, 0.5) is 5.95 Å². The van der Waals surface area contributed by atoms with Crippen LogP contribution < -0.4 is 10.5 Å². The second kappa shape index (κ2) is 5.32. The van der Waals surface area contributed by atoms with Gasteiger partial charge in [0.1, 0.15) is 18.3 Å². The molecule has 0 unspecified atom stereocenters. The van der Waals surface area contributed by atoms with E-state index < -0.39 is 36.7 Å². The number of aromatic nitrogens is 4. The smallest absolute Gasteiger partial charge is 0.280 e. The maximum absolute atomic E-state index is 12.0. The van der Waals surface area contributed by atoms with Crippen LogP contribution in [-0.4, -0.2) is 73.9 Å². The third-order valence-corrected chi connectivity index (χ3v) is 3.63. The highest BCUT2D eigenvalue weighted by atomic mass is 16.6. The molecular formula is C12H17N5O5. The summed E-state index contributed by atoms with van der Waals surface area (Å²) < 4.78 is 6.81. The molecular weight excluding hydrogens is 294 g/mol. The fourth-order valence-electron chi connectivity index (χ4n) is 2.42. The third-order valence-electron chi connectivity index (χ3n) is 3.63. The number of fused-ring (bicyclic) bond motifs is 1. The van der Waals surface area contributed by atoms with Crippen LogP contribution >= 0.6 is 0 Å². The maximum atomic E-state index is 12.0. The molecule has 0 bridgehead atoms. The van der Waals surface area contributed by atoms with Crippen LogP contribution in [0, 0.1) is 0 Å². The molecule has 1 aliphatic heterocycles. The number of imidazole rings is 1. The highest BCUT2D eigenvalue weighted by Gasteiger charge is 2.44. The molecule has 0 spiro atoms. The number of nitrogens with zero attached hydrogens (tertiary/aromatic N) is 4. The maximum Gasteiger partial charge on any atom is 0.280 e. The molecule has 120 valence electrons. The minimum Gasteiger partial charge on any atom is -0.394 e. The number of aromatic amines is 1. The normalized spacial score (nSPS) is 28.4. The first kappa shape index (κ1) is 14.9. The molecule has 0 amide bonds. The summed E-state index contributed by atoms with van der Waals surface area (Å²) in [5, 5.41) is 29.1. The fourth-order valence-corrected chi connectivity index (χ4v) is 2.42. The summed E-state index contributed by atoms with van der Waals surface area (Å²) in [6, 6.07) is 0. The van der Waals surface area contributed by atoms with Crippen molar-refractivity contribution in [3.05, 3.63) is 16.7 Å². The number of nitrogens with one attached hydrogen (secondary N) is 1. The Morgan fingerprint density at radius 2 is 2.14 bits per heavy atom. The van der Waals surface area contributed by atoms with Gasteiger partial charge in [-0.2, -0.15) is 4.98 Å². The minimum atomic E-state index is -1.27. The lowest BCUT2D eigenvalue weighted by atomic mass is 10.1. The highest BCUT2D eigenvalue weighted by Crippen LogP contribution is 2.30. The molecule has 4 N–H and O–H groups in total. The van der Waals surface area contributed by atoms with E-state index in [-0.39, 0.29) is 11.2 Å². The second-order valence-electron chi connectivity index (χ2n) is 5.34. The van der Waals surface area contributed by atoms with Gasteiger partial charge in [0.2, 0.25) is 5.95 Å². The summed E-state index contributed by atoms with van der Waals surface area (Å²) in [5.74, 6) is 0.325. The lowest BCUT2D eigenvalue weighted by Gasteiger charge is -2.17. The zero-order valence-electron chi connectivity index (χ0n) is 12.0. The van der Waals surface area contributed by atoms with Crippen LogP contribution in [0.2, 0.25) is 0 Å². The molecule has 1 fully saturated rings. The summed E-state index contributed by atoms with van der Waals surface area (Å²) in [7, 11) is 3.44. The molecule has 10 heteroatoms. The van der Waals surface area contributed by atoms with Crippen molar-refractivity contribution in [1.82, 2.24) is 19.5 Å². The van der Waals surface area contributed by atoms with E-state index in [1.54, 1.807) is 19.0 Å². The number of anilines is 1. The minimum absolute atomic E-state index is 0.100. The quantitative estimate of drug-likeness (QED) is 0.501. The Morgan fingerprint density at radius 1 is 1.41 bits per heavy atom. The SMILES string of the molecule is CN(C)c1nc2c(ncn2[C@@H]2O[C@H](CO)[C@@H](O)[C@@H]2O)c(=O)[nH]1. The number of H-pyrrole nitrogens is 1. The monoisotopic (exact) mass is 311 g/mol. The van der Waals surface area contributed by atoms with Gasteiger partial charge in [-0.15, -0.1) is 0 Å². The van der Waals surface area contributed by atoms with Crippen molar-refractivity contribution in [3.8, 4) is 0 Å². The van der Waals surface area contributed by atoms with Crippen molar-refractivity contribution in [2.24, 2.45) is 0 Å². The van der Waals surface area contributed by atoms with Crippen LogP contribution in [-0.2, 0) is 4.74 Å². The summed E-state index contributed by atoms with van der Waals surface area (Å²) in [6.45, 7) is -0.432. The number of aliphatic hydroxyl groups excluding tert-OH is 3. The molecule has 0 aromatic carbocycles. The Kier molecular flexibility index (Phi) is 3.60. The first-order valence-electron chi connectivity index (χ1n) is 6.70. The van der Waals surface area contributed by atoms with Crippen molar-refractivity contribution in [2.45, 2.75) is 24.5 Å². The second-order valence-corrected chi connectivity index (χ2v) is 5.34. The molecule has 2 aromatic rings. The van der Waals surface area contributed by atoms with E-state index >= 15 is 0 Å². The van der Waals surface area contributed by atoms with Crippen molar-refractivity contribution >= 4 is 17.1 Å². The molecule has 1 aliphatic rings. The summed E-state index contributed by atoms with van der Waals surface area (Å²) in [6.07, 6.45) is -3.08. The van der Waals surface area contributed by atoms with E-state index in [4.69, 9.17) is 9.84 Å². The van der Waals surface area contributed by atoms with Crippen LogP contribution in [0.3, 0.4) is 0 Å². The van der Waals surface area contributed by atoms with E-state index in [2.05, 4.69) is 15.0 Å². The van der Waals surface area contributed by atoms with Gasteiger partial charge in [0.05, 0.1) is 12.9 Å². The average molecular weight is 311 g/mol. The lowest BCUT2D eigenvalue weighted by molar-refractivity contribution is -0.0511. The van der Waals surface area contributed by atoms with E-state index in [1.807, 2.05) is 0 Å². The Balaban J connectivity index is 2.10. The van der Waals surface area contributed by atoms with Gasteiger partial charge in [-0.3, -0.25) is 14.3 Å². The highest BCUT2D eigenvalue weighted by molar-refractivity contribution is 5.71. The lowest BCUT2D eigenvalue weighted by Crippen LogP contribution is -2.33. The number of ether oxygens (including phenoxy) is 1. The van der Waals surface area contributed by atoms with Gasteiger partial charge in [-0.25, -0.2) is 4.98 Å². The van der Waals surface area contributed by atoms with Gasteiger partial charge >= 0.3 is 0 Å². The topological polar surface area (TPSA) is 137 Å². The molecule has 0 aliphatic carbocycles. The number of hydrogen-bond donors (Lipinski definition) is 4. The van der Waals surface area contributed by atoms with Gasteiger partial charge in [0.25, 0.3) is 5.56 Å². The molecule has 2 aromatic heterocycles. The Morgan fingerprint density at radius 3 is 2.73 bits per heavy atom. The van der Waals surface area contributed by atoms with Crippen molar-refractivity contribution in [2.75, 3.05) is 25.6 Å². The fraction of sp³-hybridized carbons (Fsp3) is 0.583. The Hall–Kier alpha value is -2.01. The molecule has 0 saturated carbocycles. The Bertz CT molecular complexity index is 741. The van der Waals surface area contributed by atoms with Gasteiger partial charge in [0, 0.05) is 14.1 Å². The van der Waals surface area contributed by atoms with E-state index in [9.17, 15) is 15.0 Å². The van der Waals surface area contributed by atoms with Crippen LogP contribution in [0.25, 0.3) is 11.2 Å². The van der Waals surface area contributed by atoms with Gasteiger partial charge in [-0.1, -0.05) is 0 Å². The third kappa shape index (κ3) is 2.16. The first-order chi connectivity index (χ1) is 10.4. The molecule has 22 heavy (non-hydrogen) atoms.